The first kappa shape index (κ1) is 16.3. The van der Waals surface area contributed by atoms with Gasteiger partial charge in [-0.2, -0.15) is 0 Å². The van der Waals surface area contributed by atoms with Crippen molar-refractivity contribution in [1.82, 2.24) is 24.8 Å². The third kappa shape index (κ3) is 3.48. The van der Waals surface area contributed by atoms with E-state index in [4.69, 9.17) is 4.74 Å². The van der Waals surface area contributed by atoms with E-state index in [1.165, 1.54) is 12.4 Å². The third-order valence-electron chi connectivity index (χ3n) is 3.87. The van der Waals surface area contributed by atoms with E-state index in [0.29, 0.717) is 31.2 Å². The van der Waals surface area contributed by atoms with Crippen molar-refractivity contribution in [3.05, 3.63) is 41.9 Å². The number of hydrogen-bond donors (Lipinski definition) is 1. The van der Waals surface area contributed by atoms with Crippen molar-refractivity contribution in [3.63, 3.8) is 0 Å². The number of carbonyl (C=O) groups excluding carboxylic acids is 1. The number of amides is 1. The van der Waals surface area contributed by atoms with E-state index in [9.17, 15) is 4.79 Å². The number of anilines is 1. The highest BCUT2D eigenvalue weighted by Crippen LogP contribution is 2.33. The Bertz CT molecular complexity index is 709. The Hall–Kier alpha value is -2.61. The first-order valence-electron chi connectivity index (χ1n) is 7.84. The average molecular weight is 328 g/mol. The number of aryl methyl sites for hydroxylation is 1. The zero-order valence-electron chi connectivity index (χ0n) is 13.8. The Morgan fingerprint density at radius 1 is 1.42 bits per heavy atom. The zero-order valence-corrected chi connectivity index (χ0v) is 13.8. The molecule has 0 radical (unpaired) electrons. The topological polar surface area (TPSA) is 93.1 Å². The van der Waals surface area contributed by atoms with Crippen molar-refractivity contribution >= 4 is 11.7 Å². The lowest BCUT2D eigenvalue weighted by molar-refractivity contribution is 0.0443. The molecule has 1 N–H and O–H groups in total. The Balaban J connectivity index is 1.75. The van der Waals surface area contributed by atoms with Crippen LogP contribution >= 0.6 is 0 Å². The molecule has 24 heavy (non-hydrogen) atoms. The van der Waals surface area contributed by atoms with E-state index in [2.05, 4.69) is 25.3 Å². The van der Waals surface area contributed by atoms with Crippen LogP contribution in [0.25, 0.3) is 0 Å². The highest BCUT2D eigenvalue weighted by Gasteiger charge is 2.35. The molecule has 1 aliphatic rings. The second kappa shape index (κ2) is 7.31. The summed E-state index contributed by atoms with van der Waals surface area (Å²) in [5.74, 6) is 1.30. The molecular weight excluding hydrogens is 308 g/mol. The molecule has 1 atom stereocenters. The second-order valence-corrected chi connectivity index (χ2v) is 5.54. The summed E-state index contributed by atoms with van der Waals surface area (Å²) in [4.78, 5) is 31.2. The molecule has 0 unspecified atom stereocenters. The van der Waals surface area contributed by atoms with Gasteiger partial charge in [0.15, 0.2) is 0 Å². The van der Waals surface area contributed by atoms with Gasteiger partial charge in [-0.05, 0) is 13.3 Å². The van der Waals surface area contributed by atoms with Crippen LogP contribution in [-0.2, 0) is 4.74 Å². The molecule has 0 aromatic carbocycles. The number of nitrogens with one attached hydrogen (secondary N) is 1. The predicted molar refractivity (Wildman–Crippen MR) is 87.6 cm³/mol. The lowest BCUT2D eigenvalue weighted by Crippen LogP contribution is -2.45. The van der Waals surface area contributed by atoms with Gasteiger partial charge in [-0.15, -0.1) is 0 Å². The standard InChI is InChI=1S/C16H20N6O2/c1-11-20-12(9-15(21-11)19-6-8-24-2)14-3-7-22(14)16(23)13-10-17-4-5-18-13/h4-5,9-10,14H,3,6-8H2,1-2H3,(H,19,20,21)/t14-/m1/s1. The van der Waals surface area contributed by atoms with Crippen LogP contribution in [0.2, 0.25) is 0 Å². The zero-order chi connectivity index (χ0) is 16.9. The summed E-state index contributed by atoms with van der Waals surface area (Å²) in [5, 5.41) is 3.20. The normalized spacial score (nSPS) is 16.6. The number of nitrogens with zero attached hydrogens (tertiary/aromatic N) is 5. The first-order chi connectivity index (χ1) is 11.7. The van der Waals surface area contributed by atoms with Crippen LogP contribution in [0.3, 0.4) is 0 Å². The molecule has 0 aliphatic carbocycles. The largest absolute Gasteiger partial charge is 0.383 e. The maximum Gasteiger partial charge on any atom is 0.274 e. The number of methoxy groups -OCH3 is 1. The molecule has 3 rings (SSSR count). The Morgan fingerprint density at radius 2 is 2.29 bits per heavy atom. The van der Waals surface area contributed by atoms with Gasteiger partial charge in [0.1, 0.15) is 17.3 Å². The number of hydrogen-bond acceptors (Lipinski definition) is 7. The van der Waals surface area contributed by atoms with Gasteiger partial charge in [0.2, 0.25) is 0 Å². The van der Waals surface area contributed by atoms with Crippen molar-refractivity contribution in [2.24, 2.45) is 0 Å². The molecule has 2 aromatic heterocycles. The molecule has 126 valence electrons. The van der Waals surface area contributed by atoms with Gasteiger partial charge in [0.05, 0.1) is 24.5 Å². The van der Waals surface area contributed by atoms with Crippen molar-refractivity contribution in [2.45, 2.75) is 19.4 Å². The van der Waals surface area contributed by atoms with Gasteiger partial charge in [0.25, 0.3) is 5.91 Å². The summed E-state index contributed by atoms with van der Waals surface area (Å²) in [5.41, 5.74) is 1.19. The summed E-state index contributed by atoms with van der Waals surface area (Å²) in [7, 11) is 1.66. The van der Waals surface area contributed by atoms with Crippen LogP contribution in [0.15, 0.2) is 24.7 Å². The maximum absolute atomic E-state index is 12.5. The SMILES string of the molecule is COCCNc1cc([C@H]2CCN2C(=O)c2cnccn2)nc(C)n1. The fourth-order valence-electron chi connectivity index (χ4n) is 2.63. The molecule has 0 saturated carbocycles. The minimum Gasteiger partial charge on any atom is -0.383 e. The average Bonchev–Trinajstić information content (AvgIpc) is 2.54. The monoisotopic (exact) mass is 328 g/mol. The molecule has 8 heteroatoms. The lowest BCUT2D eigenvalue weighted by atomic mass is 9.98. The van der Waals surface area contributed by atoms with Crippen LogP contribution < -0.4 is 5.32 Å². The predicted octanol–water partition coefficient (Wildman–Crippen LogP) is 1.22. The first-order valence-corrected chi connectivity index (χ1v) is 7.84. The summed E-state index contributed by atoms with van der Waals surface area (Å²) in [6, 6.07) is 1.84. The fraction of sp³-hybridized carbons (Fsp3) is 0.438. The van der Waals surface area contributed by atoms with Crippen LogP contribution in [0.5, 0.6) is 0 Å². The van der Waals surface area contributed by atoms with E-state index in [1.54, 1.807) is 18.2 Å². The van der Waals surface area contributed by atoms with Gasteiger partial charge in [-0.3, -0.25) is 9.78 Å². The Morgan fingerprint density at radius 3 is 2.96 bits per heavy atom. The second-order valence-electron chi connectivity index (χ2n) is 5.54. The fourth-order valence-corrected chi connectivity index (χ4v) is 2.63. The summed E-state index contributed by atoms with van der Waals surface area (Å²) >= 11 is 0. The van der Waals surface area contributed by atoms with E-state index < -0.39 is 0 Å². The lowest BCUT2D eigenvalue weighted by Gasteiger charge is -2.40. The summed E-state index contributed by atoms with van der Waals surface area (Å²) in [6.07, 6.45) is 5.44. The molecule has 1 amide bonds. The molecule has 1 fully saturated rings. The molecule has 2 aromatic rings. The quantitative estimate of drug-likeness (QED) is 0.797. The van der Waals surface area contributed by atoms with Gasteiger partial charge < -0.3 is 15.0 Å². The maximum atomic E-state index is 12.5. The van der Waals surface area contributed by atoms with Crippen molar-refractivity contribution in [2.75, 3.05) is 32.1 Å². The van der Waals surface area contributed by atoms with Crippen LogP contribution in [0, 0.1) is 6.92 Å². The molecule has 3 heterocycles. The van der Waals surface area contributed by atoms with Gasteiger partial charge in [0, 0.05) is 38.7 Å². The molecule has 8 nitrogen and oxygen atoms in total. The number of likely N-dealkylation sites (tertiary alicyclic amines) is 1. The van der Waals surface area contributed by atoms with Crippen molar-refractivity contribution in [3.8, 4) is 0 Å². The highest BCUT2D eigenvalue weighted by molar-refractivity contribution is 5.92. The third-order valence-corrected chi connectivity index (χ3v) is 3.87. The minimum absolute atomic E-state index is 0.0517. The van der Waals surface area contributed by atoms with E-state index in [1.807, 2.05) is 13.0 Å². The van der Waals surface area contributed by atoms with Crippen LogP contribution in [0.4, 0.5) is 5.82 Å². The van der Waals surface area contributed by atoms with Crippen molar-refractivity contribution in [1.29, 1.82) is 0 Å². The Labute approximate surface area is 140 Å². The number of carbonyl (C=O) groups is 1. The smallest absolute Gasteiger partial charge is 0.274 e. The molecule has 1 saturated heterocycles. The van der Waals surface area contributed by atoms with Crippen LogP contribution in [0.1, 0.15) is 34.5 Å². The van der Waals surface area contributed by atoms with Crippen molar-refractivity contribution < 1.29 is 9.53 Å². The molecule has 1 aliphatic heterocycles. The van der Waals surface area contributed by atoms with E-state index in [0.717, 1.165) is 17.9 Å². The number of ether oxygens (including phenoxy) is 1. The van der Waals surface area contributed by atoms with Gasteiger partial charge in [-0.1, -0.05) is 0 Å². The molecule has 0 bridgehead atoms. The Kier molecular flexibility index (Phi) is 4.95. The summed E-state index contributed by atoms with van der Waals surface area (Å²) < 4.78 is 5.03. The van der Waals surface area contributed by atoms with Gasteiger partial charge >= 0.3 is 0 Å². The van der Waals surface area contributed by atoms with Gasteiger partial charge in [-0.25, -0.2) is 15.0 Å². The molecular formula is C16H20N6O2. The number of aromatic nitrogens is 4. The highest BCUT2D eigenvalue weighted by atomic mass is 16.5. The van der Waals surface area contributed by atoms with E-state index >= 15 is 0 Å². The minimum atomic E-state index is -0.121. The van der Waals surface area contributed by atoms with E-state index in [-0.39, 0.29) is 11.9 Å². The van der Waals surface area contributed by atoms with Crippen LogP contribution in [-0.4, -0.2) is 57.5 Å². The summed E-state index contributed by atoms with van der Waals surface area (Å²) in [6.45, 7) is 3.80. The number of rotatable bonds is 6. The molecule has 0 spiro atoms.